The highest BCUT2D eigenvalue weighted by Crippen LogP contribution is 2.37. The van der Waals surface area contributed by atoms with Crippen molar-refractivity contribution in [3.8, 4) is 0 Å². The van der Waals surface area contributed by atoms with E-state index in [1.165, 1.54) is 6.42 Å². The molecule has 0 aromatic heterocycles. The number of aliphatic hydroxyl groups is 1. The van der Waals surface area contributed by atoms with Gasteiger partial charge in [0.25, 0.3) is 0 Å². The van der Waals surface area contributed by atoms with Gasteiger partial charge in [-0.15, -0.1) is 0 Å². The number of ether oxygens (including phenoxy) is 2. The fraction of sp³-hybridized carbons (Fsp3) is 1.00. The first-order valence-electron chi connectivity index (χ1n) is 5.95. The molecule has 0 bridgehead atoms. The summed E-state index contributed by atoms with van der Waals surface area (Å²) < 4.78 is 10.9. The van der Waals surface area contributed by atoms with E-state index >= 15 is 0 Å². The van der Waals surface area contributed by atoms with Gasteiger partial charge in [-0.1, -0.05) is 19.8 Å². The lowest BCUT2D eigenvalue weighted by molar-refractivity contribution is -0.150. The summed E-state index contributed by atoms with van der Waals surface area (Å²) in [4.78, 5) is 0. The summed E-state index contributed by atoms with van der Waals surface area (Å²) in [6, 6.07) is 0. The molecule has 1 N–H and O–H groups in total. The Morgan fingerprint density at radius 1 is 1.53 bits per heavy atom. The van der Waals surface area contributed by atoms with Gasteiger partial charge in [0.15, 0.2) is 0 Å². The van der Waals surface area contributed by atoms with Crippen molar-refractivity contribution in [3.05, 3.63) is 0 Å². The number of methoxy groups -OCH3 is 1. The summed E-state index contributed by atoms with van der Waals surface area (Å²) in [6.07, 6.45) is 3.77. The molecule has 0 radical (unpaired) electrons. The van der Waals surface area contributed by atoms with Gasteiger partial charge in [-0.2, -0.15) is 0 Å². The van der Waals surface area contributed by atoms with Gasteiger partial charge in [-0.05, 0) is 25.7 Å². The van der Waals surface area contributed by atoms with Crippen molar-refractivity contribution < 1.29 is 14.6 Å². The highest BCUT2D eigenvalue weighted by atomic mass is 16.5. The Balaban J connectivity index is 2.57. The largest absolute Gasteiger partial charge is 0.388 e. The first-order valence-corrected chi connectivity index (χ1v) is 5.95. The van der Waals surface area contributed by atoms with Crippen molar-refractivity contribution in [2.75, 3.05) is 20.3 Å². The van der Waals surface area contributed by atoms with E-state index in [0.29, 0.717) is 19.1 Å². The van der Waals surface area contributed by atoms with Gasteiger partial charge >= 0.3 is 0 Å². The lowest BCUT2D eigenvalue weighted by atomic mass is 9.75. The van der Waals surface area contributed by atoms with Crippen LogP contribution in [0.25, 0.3) is 0 Å². The SMILES string of the molecule is CCOCC(O)C1(OC)CCCC(C)C1. The standard InChI is InChI=1S/C12H24O3/c1-4-15-9-11(13)12(14-3)7-5-6-10(2)8-12/h10-11,13H,4-9H2,1-3H3. The zero-order chi connectivity index (χ0) is 11.3. The summed E-state index contributed by atoms with van der Waals surface area (Å²) in [5.74, 6) is 0.634. The van der Waals surface area contributed by atoms with E-state index in [1.807, 2.05) is 6.92 Å². The molecule has 1 aliphatic carbocycles. The molecule has 1 aliphatic rings. The molecule has 3 heteroatoms. The summed E-state index contributed by atoms with van der Waals surface area (Å²) in [5.41, 5.74) is -0.368. The van der Waals surface area contributed by atoms with E-state index in [4.69, 9.17) is 9.47 Å². The average Bonchev–Trinajstić information content (AvgIpc) is 2.25. The molecule has 3 atom stereocenters. The van der Waals surface area contributed by atoms with E-state index in [0.717, 1.165) is 19.3 Å². The second-order valence-electron chi connectivity index (χ2n) is 4.65. The normalized spacial score (nSPS) is 34.0. The van der Waals surface area contributed by atoms with E-state index in [-0.39, 0.29) is 5.60 Å². The maximum atomic E-state index is 10.1. The molecule has 0 saturated heterocycles. The third-order valence-electron chi connectivity index (χ3n) is 3.48. The lowest BCUT2D eigenvalue weighted by Crippen LogP contribution is -2.49. The van der Waals surface area contributed by atoms with Gasteiger partial charge in [0.05, 0.1) is 12.2 Å². The van der Waals surface area contributed by atoms with Gasteiger partial charge in [-0.3, -0.25) is 0 Å². The van der Waals surface area contributed by atoms with Crippen LogP contribution >= 0.6 is 0 Å². The first kappa shape index (κ1) is 12.9. The van der Waals surface area contributed by atoms with Crippen LogP contribution in [-0.2, 0) is 9.47 Å². The predicted octanol–water partition coefficient (Wildman–Crippen LogP) is 1.98. The molecule has 0 heterocycles. The summed E-state index contributed by atoms with van der Waals surface area (Å²) >= 11 is 0. The number of rotatable bonds is 5. The molecular weight excluding hydrogens is 192 g/mol. The number of hydrogen-bond acceptors (Lipinski definition) is 3. The maximum absolute atomic E-state index is 10.1. The first-order chi connectivity index (χ1) is 7.14. The molecule has 15 heavy (non-hydrogen) atoms. The van der Waals surface area contributed by atoms with E-state index in [1.54, 1.807) is 7.11 Å². The van der Waals surface area contributed by atoms with Crippen LogP contribution in [0.4, 0.5) is 0 Å². The van der Waals surface area contributed by atoms with E-state index < -0.39 is 6.10 Å². The molecule has 0 spiro atoms. The van der Waals surface area contributed by atoms with Crippen molar-refractivity contribution in [1.29, 1.82) is 0 Å². The summed E-state index contributed by atoms with van der Waals surface area (Å²) in [6.45, 7) is 5.19. The second-order valence-corrected chi connectivity index (χ2v) is 4.65. The number of aliphatic hydroxyl groups excluding tert-OH is 1. The Labute approximate surface area is 92.8 Å². The molecule has 0 aromatic carbocycles. The van der Waals surface area contributed by atoms with Gasteiger partial charge in [0, 0.05) is 13.7 Å². The Morgan fingerprint density at radius 2 is 2.27 bits per heavy atom. The highest BCUT2D eigenvalue weighted by molar-refractivity contribution is 4.92. The molecule has 0 amide bonds. The molecule has 0 aliphatic heterocycles. The fourth-order valence-electron chi connectivity index (χ4n) is 2.55. The Morgan fingerprint density at radius 3 is 2.80 bits per heavy atom. The van der Waals surface area contributed by atoms with Gasteiger partial charge in [0.2, 0.25) is 0 Å². The Bertz CT molecular complexity index is 184. The third-order valence-corrected chi connectivity index (χ3v) is 3.48. The van der Waals surface area contributed by atoms with Crippen LogP contribution in [-0.4, -0.2) is 37.1 Å². The van der Waals surface area contributed by atoms with Crippen LogP contribution in [0.1, 0.15) is 39.5 Å². The molecule has 1 saturated carbocycles. The zero-order valence-electron chi connectivity index (χ0n) is 10.2. The molecule has 1 rings (SSSR count). The topological polar surface area (TPSA) is 38.7 Å². The monoisotopic (exact) mass is 216 g/mol. The lowest BCUT2D eigenvalue weighted by Gasteiger charge is -2.42. The fourth-order valence-corrected chi connectivity index (χ4v) is 2.55. The van der Waals surface area contributed by atoms with E-state index in [9.17, 15) is 5.11 Å². The van der Waals surface area contributed by atoms with Gasteiger partial charge in [0.1, 0.15) is 6.10 Å². The molecule has 90 valence electrons. The minimum absolute atomic E-state index is 0.368. The van der Waals surface area contributed by atoms with Crippen LogP contribution in [0.15, 0.2) is 0 Å². The highest BCUT2D eigenvalue weighted by Gasteiger charge is 2.41. The zero-order valence-corrected chi connectivity index (χ0v) is 10.2. The van der Waals surface area contributed by atoms with E-state index in [2.05, 4.69) is 6.92 Å². The Hall–Kier alpha value is -0.120. The van der Waals surface area contributed by atoms with Gasteiger partial charge in [-0.25, -0.2) is 0 Å². The van der Waals surface area contributed by atoms with Crippen molar-refractivity contribution in [2.24, 2.45) is 5.92 Å². The molecular formula is C12H24O3. The number of hydrogen-bond donors (Lipinski definition) is 1. The third kappa shape index (κ3) is 3.16. The molecule has 3 nitrogen and oxygen atoms in total. The predicted molar refractivity (Wildman–Crippen MR) is 59.9 cm³/mol. The summed E-state index contributed by atoms with van der Waals surface area (Å²) in [5, 5.41) is 10.1. The van der Waals surface area contributed by atoms with Crippen LogP contribution < -0.4 is 0 Å². The average molecular weight is 216 g/mol. The minimum Gasteiger partial charge on any atom is -0.388 e. The van der Waals surface area contributed by atoms with Crippen molar-refractivity contribution in [1.82, 2.24) is 0 Å². The van der Waals surface area contributed by atoms with Crippen molar-refractivity contribution in [3.63, 3.8) is 0 Å². The Kier molecular flexibility index (Phi) is 5.03. The van der Waals surface area contributed by atoms with Crippen molar-refractivity contribution in [2.45, 2.75) is 51.2 Å². The van der Waals surface area contributed by atoms with Crippen LogP contribution in [0, 0.1) is 5.92 Å². The summed E-state index contributed by atoms with van der Waals surface area (Å²) in [7, 11) is 1.70. The van der Waals surface area contributed by atoms with Crippen LogP contribution in [0.2, 0.25) is 0 Å². The second kappa shape index (κ2) is 5.83. The minimum atomic E-state index is -0.495. The molecule has 0 aromatic rings. The quantitative estimate of drug-likeness (QED) is 0.763. The molecule has 1 fully saturated rings. The smallest absolute Gasteiger partial charge is 0.106 e. The maximum Gasteiger partial charge on any atom is 0.106 e. The van der Waals surface area contributed by atoms with Crippen LogP contribution in [0.3, 0.4) is 0 Å². The van der Waals surface area contributed by atoms with Gasteiger partial charge < -0.3 is 14.6 Å². The van der Waals surface area contributed by atoms with Crippen molar-refractivity contribution >= 4 is 0 Å². The molecule has 3 unspecified atom stereocenters. The van der Waals surface area contributed by atoms with Crippen LogP contribution in [0.5, 0.6) is 0 Å².